The number of carbonyl (C=O) groups is 2. The molecule has 0 spiro atoms. The maximum absolute atomic E-state index is 13.5. The van der Waals surface area contributed by atoms with Gasteiger partial charge in [-0.3, -0.25) is 10.4 Å². The molecule has 8 N–H and O–H groups in total. The maximum atomic E-state index is 13.5. The number of guanidine groups is 1. The van der Waals surface area contributed by atoms with Crippen molar-refractivity contribution in [1.82, 2.24) is 0 Å². The van der Waals surface area contributed by atoms with Crippen LogP contribution in [0.25, 0.3) is 11.1 Å². The zero-order chi connectivity index (χ0) is 39.4. The molecule has 0 radical (unpaired) electrons. The molecule has 3 aromatic carbocycles. The number of rotatable bonds is 9. The number of carboxylic acid groups (broad SMARTS) is 2. The number of carboxylic acids is 2. The number of amidine groups is 1. The van der Waals surface area contributed by atoms with Crippen LogP contribution >= 0.6 is 23.1 Å². The van der Waals surface area contributed by atoms with Gasteiger partial charge in [-0.05, 0) is 72.2 Å². The highest BCUT2D eigenvalue weighted by molar-refractivity contribution is 8.01. The molecule has 0 amide bonds. The predicted molar refractivity (Wildman–Crippen MR) is 187 cm³/mol. The first kappa shape index (κ1) is 43.1. The summed E-state index contributed by atoms with van der Waals surface area (Å²) in [5, 5.41) is 25.1. The highest BCUT2D eigenvalue weighted by Crippen LogP contribution is 2.38. The molecule has 4 rings (SSSR count). The smallest absolute Gasteiger partial charge is 0.475 e. The van der Waals surface area contributed by atoms with E-state index in [-0.39, 0.29) is 15.6 Å². The Kier molecular flexibility index (Phi) is 15.3. The lowest BCUT2D eigenvalue weighted by Gasteiger charge is -2.12. The molecule has 0 atom stereocenters. The molecular weight excluding hydrogens is 761 g/mol. The minimum absolute atomic E-state index is 0.147. The fourth-order valence-corrected chi connectivity index (χ4v) is 7.88. The van der Waals surface area contributed by atoms with Crippen molar-refractivity contribution < 1.29 is 54.6 Å². The average Bonchev–Trinajstić information content (AvgIpc) is 3.51. The Balaban J connectivity index is 0.000000564. The van der Waals surface area contributed by atoms with E-state index in [1.807, 2.05) is 55.6 Å². The molecule has 0 saturated carbocycles. The SMILES string of the molecule is CSc1sc(C(=N)N)cc1S(=O)(=O)c1cccc(-c2ccc(NC(N)=NCCc3ccccc3)cc2C)c1.O=C(O)C(F)(F)F.O=C(O)C(F)(F)F. The van der Waals surface area contributed by atoms with E-state index >= 15 is 0 Å². The Bertz CT molecular complexity index is 2000. The first-order chi connectivity index (χ1) is 24.1. The van der Waals surface area contributed by atoms with Crippen LogP contribution in [-0.2, 0) is 25.8 Å². The predicted octanol–water partition coefficient (Wildman–Crippen LogP) is 6.80. The summed E-state index contributed by atoms with van der Waals surface area (Å²) >= 11 is 2.54. The molecule has 0 aliphatic carbocycles. The number of sulfone groups is 1. The van der Waals surface area contributed by atoms with E-state index in [1.54, 1.807) is 18.2 Å². The minimum Gasteiger partial charge on any atom is -0.475 e. The van der Waals surface area contributed by atoms with Crippen LogP contribution in [0.3, 0.4) is 0 Å². The van der Waals surface area contributed by atoms with Gasteiger partial charge in [-0.1, -0.05) is 48.5 Å². The number of nitrogens with one attached hydrogen (secondary N) is 2. The van der Waals surface area contributed by atoms with Crippen molar-refractivity contribution in [3.8, 4) is 11.1 Å². The van der Waals surface area contributed by atoms with E-state index in [4.69, 9.17) is 36.7 Å². The van der Waals surface area contributed by atoms with E-state index in [9.17, 15) is 34.8 Å². The first-order valence-electron chi connectivity index (χ1n) is 14.3. The summed E-state index contributed by atoms with van der Waals surface area (Å²) in [4.78, 5) is 23.0. The third-order valence-corrected chi connectivity index (χ3v) is 10.7. The van der Waals surface area contributed by atoms with Crippen molar-refractivity contribution in [2.24, 2.45) is 16.5 Å². The lowest BCUT2D eigenvalue weighted by atomic mass is 10.00. The molecular formula is C32H31F6N5O6S3. The number of hydrogen-bond donors (Lipinski definition) is 6. The van der Waals surface area contributed by atoms with Crippen LogP contribution in [0.2, 0.25) is 0 Å². The summed E-state index contributed by atoms with van der Waals surface area (Å²) in [7, 11) is -3.80. The second-order valence-electron chi connectivity index (χ2n) is 10.2. The summed E-state index contributed by atoms with van der Waals surface area (Å²) in [6.45, 7) is 2.55. The third kappa shape index (κ3) is 12.9. The highest BCUT2D eigenvalue weighted by Gasteiger charge is 2.39. The maximum Gasteiger partial charge on any atom is 0.490 e. The Morgan fingerprint density at radius 2 is 1.48 bits per heavy atom. The van der Waals surface area contributed by atoms with Gasteiger partial charge in [0, 0.05) is 12.2 Å². The molecule has 0 unspecified atom stereocenters. The number of aliphatic imine (C=N–C) groups is 1. The largest absolute Gasteiger partial charge is 0.490 e. The van der Waals surface area contributed by atoms with Crippen LogP contribution in [0.1, 0.15) is 16.0 Å². The summed E-state index contributed by atoms with van der Waals surface area (Å²) in [5.74, 6) is -5.32. The van der Waals surface area contributed by atoms with Crippen LogP contribution in [0, 0.1) is 12.3 Å². The van der Waals surface area contributed by atoms with Crippen molar-refractivity contribution in [2.45, 2.75) is 39.7 Å². The number of nitrogen functional groups attached to an aromatic ring is 1. The van der Waals surface area contributed by atoms with Gasteiger partial charge in [0.25, 0.3) is 0 Å². The van der Waals surface area contributed by atoms with Gasteiger partial charge in [-0.2, -0.15) is 26.3 Å². The molecule has 20 heteroatoms. The van der Waals surface area contributed by atoms with Crippen LogP contribution in [0.15, 0.2) is 97.9 Å². The summed E-state index contributed by atoms with van der Waals surface area (Å²) in [6, 6.07) is 24.3. The molecule has 0 bridgehead atoms. The van der Waals surface area contributed by atoms with Gasteiger partial charge in [0.1, 0.15) is 5.84 Å². The molecule has 52 heavy (non-hydrogen) atoms. The highest BCUT2D eigenvalue weighted by atomic mass is 32.2. The molecule has 1 heterocycles. The Morgan fingerprint density at radius 1 is 0.904 bits per heavy atom. The Hall–Kier alpha value is -5.08. The lowest BCUT2D eigenvalue weighted by molar-refractivity contribution is -0.193. The number of nitrogens with two attached hydrogens (primary N) is 2. The average molecular weight is 792 g/mol. The molecule has 1 aromatic heterocycles. The van der Waals surface area contributed by atoms with Gasteiger partial charge < -0.3 is 27.0 Å². The van der Waals surface area contributed by atoms with Crippen molar-refractivity contribution in [2.75, 3.05) is 18.1 Å². The standard InChI is InChI=1S/C28H29N5O2S3.2C2HF3O2/c1-18-15-21(33-28(31)32-14-13-19-7-4-3-5-8-19)11-12-23(18)20-9-6-10-22(16-20)38(34,35)25-17-24(26(29)30)37-27(25)36-2;2*3-2(4,5)1(6)7/h3-12,15-17H,13-14H2,1-2H3,(H3,29,30)(H3,31,32,33);2*(H,6,7). The van der Waals surface area contributed by atoms with Gasteiger partial charge in [-0.15, -0.1) is 23.1 Å². The third-order valence-electron chi connectivity index (χ3n) is 6.37. The second-order valence-corrected chi connectivity index (χ2v) is 14.2. The van der Waals surface area contributed by atoms with Crippen molar-refractivity contribution in [3.05, 3.63) is 94.9 Å². The number of nitrogens with zero attached hydrogens (tertiary/aromatic N) is 1. The molecule has 0 saturated heterocycles. The Morgan fingerprint density at radius 3 is 1.98 bits per heavy atom. The first-order valence-corrected chi connectivity index (χ1v) is 17.8. The summed E-state index contributed by atoms with van der Waals surface area (Å²) < 4.78 is 91.1. The number of hydrogen-bond acceptors (Lipinski definition) is 8. The van der Waals surface area contributed by atoms with E-state index in [0.717, 1.165) is 28.8 Å². The van der Waals surface area contributed by atoms with Crippen molar-refractivity contribution in [1.29, 1.82) is 5.41 Å². The van der Waals surface area contributed by atoms with Crippen molar-refractivity contribution >= 4 is 62.4 Å². The minimum atomic E-state index is -5.08. The van der Waals surface area contributed by atoms with Gasteiger partial charge >= 0.3 is 24.3 Å². The molecule has 280 valence electrons. The second kappa shape index (κ2) is 18.4. The van der Waals surface area contributed by atoms with E-state index in [2.05, 4.69) is 22.4 Å². The Labute approximate surface area is 301 Å². The van der Waals surface area contributed by atoms with Crippen molar-refractivity contribution in [3.63, 3.8) is 0 Å². The number of aliphatic carboxylic acids is 2. The van der Waals surface area contributed by atoms with E-state index < -0.39 is 34.1 Å². The van der Waals surface area contributed by atoms with Gasteiger partial charge in [0.2, 0.25) is 9.84 Å². The number of halogens is 6. The van der Waals surface area contributed by atoms with Gasteiger partial charge in [-0.25, -0.2) is 18.0 Å². The number of benzene rings is 3. The molecule has 0 aliphatic rings. The molecule has 11 nitrogen and oxygen atoms in total. The number of aryl methyl sites for hydroxylation is 1. The molecule has 0 aliphatic heterocycles. The van der Waals surface area contributed by atoms with Crippen LogP contribution in [0.5, 0.6) is 0 Å². The van der Waals surface area contributed by atoms with Gasteiger partial charge in [0.05, 0.1) is 18.9 Å². The summed E-state index contributed by atoms with van der Waals surface area (Å²) in [6.07, 6.45) is -7.55. The zero-order valence-electron chi connectivity index (χ0n) is 27.0. The lowest BCUT2D eigenvalue weighted by Crippen LogP contribution is -2.23. The van der Waals surface area contributed by atoms with Gasteiger partial charge in [0.15, 0.2) is 5.96 Å². The number of anilines is 1. The molecule has 0 fully saturated rings. The number of thiophene rings is 1. The normalized spacial score (nSPS) is 11.7. The fourth-order valence-electron chi connectivity index (χ4n) is 3.98. The molecule has 4 aromatic rings. The van der Waals surface area contributed by atoms with Crippen LogP contribution < -0.4 is 16.8 Å². The topological polar surface area (TPSA) is 209 Å². The monoisotopic (exact) mass is 791 g/mol. The van der Waals surface area contributed by atoms with E-state index in [1.165, 1.54) is 34.7 Å². The fraction of sp³-hybridized carbons (Fsp3) is 0.188. The van der Waals surface area contributed by atoms with Crippen LogP contribution in [-0.4, -0.2) is 67.5 Å². The summed E-state index contributed by atoms with van der Waals surface area (Å²) in [5.41, 5.74) is 16.4. The number of alkyl halides is 6. The quantitative estimate of drug-likeness (QED) is 0.0452. The van der Waals surface area contributed by atoms with E-state index in [0.29, 0.717) is 21.6 Å². The van der Waals surface area contributed by atoms with Crippen LogP contribution in [0.4, 0.5) is 32.0 Å². The zero-order valence-corrected chi connectivity index (χ0v) is 29.5. The number of thioether (sulfide) groups is 1.